The molecule has 1 amide bonds. The largest absolute Gasteiger partial charge is 0.480 e. The summed E-state index contributed by atoms with van der Waals surface area (Å²) in [6.07, 6.45) is 0.689. The molecular weight excluding hydrogens is 224 g/mol. The number of hydrogen-bond donors (Lipinski definition) is 4. The molecule has 0 aromatic carbocycles. The van der Waals surface area contributed by atoms with E-state index in [-0.39, 0.29) is 11.8 Å². The molecule has 0 radical (unpaired) electrons. The second-order valence-corrected chi connectivity index (χ2v) is 4.78. The number of carbonyl (C=O) groups is 2. The van der Waals surface area contributed by atoms with E-state index in [1.807, 2.05) is 13.8 Å². The molecular formula is C11H20N2O4. The minimum absolute atomic E-state index is 0.116. The number of carboxylic acids is 1. The normalized spacial score (nSPS) is 25.9. The van der Waals surface area contributed by atoms with Crippen molar-refractivity contribution < 1.29 is 19.8 Å². The van der Waals surface area contributed by atoms with Crippen LogP contribution >= 0.6 is 0 Å². The molecule has 6 heteroatoms. The number of aliphatic hydroxyl groups excluding tert-OH is 1. The van der Waals surface area contributed by atoms with Gasteiger partial charge < -0.3 is 20.8 Å². The maximum absolute atomic E-state index is 12.2. The summed E-state index contributed by atoms with van der Waals surface area (Å²) in [4.78, 5) is 22.9. The van der Waals surface area contributed by atoms with Crippen LogP contribution in [0.1, 0.15) is 20.3 Å². The first-order valence-corrected chi connectivity index (χ1v) is 5.79. The van der Waals surface area contributed by atoms with Gasteiger partial charge in [0.15, 0.2) is 0 Å². The summed E-state index contributed by atoms with van der Waals surface area (Å²) in [5.41, 5.74) is -0.567. The third-order valence-electron chi connectivity index (χ3n) is 3.53. The van der Waals surface area contributed by atoms with E-state index in [9.17, 15) is 9.59 Å². The van der Waals surface area contributed by atoms with E-state index in [1.165, 1.54) is 0 Å². The summed E-state index contributed by atoms with van der Waals surface area (Å²) in [5.74, 6) is -1.39. The Morgan fingerprint density at radius 2 is 2.12 bits per heavy atom. The predicted molar refractivity (Wildman–Crippen MR) is 61.4 cm³/mol. The first-order chi connectivity index (χ1) is 7.94. The Morgan fingerprint density at radius 3 is 2.47 bits per heavy atom. The highest BCUT2D eigenvalue weighted by Crippen LogP contribution is 2.34. The monoisotopic (exact) mass is 244 g/mol. The average Bonchev–Trinajstić information content (AvgIpc) is 2.75. The average molecular weight is 244 g/mol. The number of carboxylic acid groups (broad SMARTS) is 1. The Hall–Kier alpha value is -1.14. The molecule has 4 N–H and O–H groups in total. The number of aliphatic carboxylic acids is 1. The van der Waals surface area contributed by atoms with Gasteiger partial charge in [-0.15, -0.1) is 0 Å². The molecule has 0 aromatic heterocycles. The van der Waals surface area contributed by atoms with Gasteiger partial charge in [-0.05, 0) is 18.9 Å². The van der Waals surface area contributed by atoms with Gasteiger partial charge in [0.25, 0.3) is 0 Å². The molecule has 1 fully saturated rings. The molecule has 17 heavy (non-hydrogen) atoms. The summed E-state index contributed by atoms with van der Waals surface area (Å²) in [5, 5.41) is 23.2. The van der Waals surface area contributed by atoms with E-state index in [0.29, 0.717) is 13.0 Å². The Labute approximate surface area is 100 Å². The van der Waals surface area contributed by atoms with Crippen molar-refractivity contribution in [1.82, 2.24) is 10.6 Å². The van der Waals surface area contributed by atoms with Gasteiger partial charge in [0.05, 0.1) is 12.0 Å². The highest BCUT2D eigenvalue weighted by atomic mass is 16.4. The molecule has 1 saturated heterocycles. The topological polar surface area (TPSA) is 98.7 Å². The highest BCUT2D eigenvalue weighted by molar-refractivity contribution is 5.88. The van der Waals surface area contributed by atoms with E-state index in [1.54, 1.807) is 0 Å². The van der Waals surface area contributed by atoms with Crippen LogP contribution in [-0.2, 0) is 9.59 Å². The standard InChI is InChI=1S/C11H20N2O4/c1-7(2)11(3-4-12-6-11)10(17)13-8(5-14)9(15)16/h7-8,12,14H,3-6H2,1-2H3,(H,13,17)(H,15,16)/t8-,11?/m0/s1. The summed E-state index contributed by atoms with van der Waals surface area (Å²) in [6, 6.07) is -1.22. The van der Waals surface area contributed by atoms with Crippen LogP contribution in [0.2, 0.25) is 0 Å². The first-order valence-electron chi connectivity index (χ1n) is 5.79. The molecule has 0 bridgehead atoms. The predicted octanol–water partition coefficient (Wildman–Crippen LogP) is -0.816. The van der Waals surface area contributed by atoms with Crippen LogP contribution in [0.3, 0.4) is 0 Å². The Kier molecular flexibility index (Phi) is 4.47. The lowest BCUT2D eigenvalue weighted by Gasteiger charge is -2.32. The van der Waals surface area contributed by atoms with Crippen molar-refractivity contribution in [2.24, 2.45) is 11.3 Å². The second-order valence-electron chi connectivity index (χ2n) is 4.78. The fraction of sp³-hybridized carbons (Fsp3) is 0.818. The number of rotatable bonds is 5. The minimum atomic E-state index is -1.22. The maximum Gasteiger partial charge on any atom is 0.328 e. The molecule has 2 atom stereocenters. The van der Waals surface area contributed by atoms with E-state index in [0.717, 1.165) is 6.54 Å². The van der Waals surface area contributed by atoms with Crippen molar-refractivity contribution in [3.05, 3.63) is 0 Å². The number of amides is 1. The molecule has 0 spiro atoms. The summed E-state index contributed by atoms with van der Waals surface area (Å²) >= 11 is 0. The third-order valence-corrected chi connectivity index (χ3v) is 3.53. The van der Waals surface area contributed by atoms with Crippen LogP contribution in [0, 0.1) is 11.3 Å². The fourth-order valence-corrected chi connectivity index (χ4v) is 2.15. The molecule has 98 valence electrons. The summed E-state index contributed by atoms with van der Waals surface area (Å²) < 4.78 is 0. The first kappa shape index (κ1) is 13.9. The number of carbonyl (C=O) groups excluding carboxylic acids is 1. The summed E-state index contributed by atoms with van der Waals surface area (Å²) in [7, 11) is 0. The van der Waals surface area contributed by atoms with Crippen LogP contribution in [0.25, 0.3) is 0 Å². The van der Waals surface area contributed by atoms with Crippen molar-refractivity contribution >= 4 is 11.9 Å². The van der Waals surface area contributed by atoms with Gasteiger partial charge in [-0.2, -0.15) is 0 Å². The van der Waals surface area contributed by atoms with Crippen molar-refractivity contribution in [3.8, 4) is 0 Å². The van der Waals surface area contributed by atoms with E-state index >= 15 is 0 Å². The minimum Gasteiger partial charge on any atom is -0.480 e. The quantitative estimate of drug-likeness (QED) is 0.506. The second kappa shape index (κ2) is 5.46. The number of nitrogens with one attached hydrogen (secondary N) is 2. The lowest BCUT2D eigenvalue weighted by atomic mass is 9.75. The van der Waals surface area contributed by atoms with Crippen LogP contribution in [-0.4, -0.2) is 47.8 Å². The number of aliphatic hydroxyl groups is 1. The van der Waals surface area contributed by atoms with Crippen molar-refractivity contribution in [3.63, 3.8) is 0 Å². The zero-order valence-corrected chi connectivity index (χ0v) is 10.2. The van der Waals surface area contributed by atoms with Crippen molar-refractivity contribution in [2.75, 3.05) is 19.7 Å². The molecule has 0 saturated carbocycles. The van der Waals surface area contributed by atoms with E-state index in [2.05, 4.69) is 10.6 Å². The van der Waals surface area contributed by atoms with Gasteiger partial charge >= 0.3 is 5.97 Å². The van der Waals surface area contributed by atoms with Gasteiger partial charge in [-0.25, -0.2) is 4.79 Å². The smallest absolute Gasteiger partial charge is 0.328 e. The molecule has 1 unspecified atom stereocenters. The van der Waals surface area contributed by atoms with Crippen molar-refractivity contribution in [1.29, 1.82) is 0 Å². The molecule has 0 aromatic rings. The van der Waals surface area contributed by atoms with Crippen LogP contribution in [0.5, 0.6) is 0 Å². The SMILES string of the molecule is CC(C)C1(C(=O)N[C@@H](CO)C(=O)O)CCNC1. The Morgan fingerprint density at radius 1 is 1.47 bits per heavy atom. The Balaban J connectivity index is 2.76. The third kappa shape index (κ3) is 2.76. The zero-order chi connectivity index (χ0) is 13.1. The Bertz CT molecular complexity index is 298. The maximum atomic E-state index is 12.2. The van der Waals surface area contributed by atoms with Gasteiger partial charge in [-0.3, -0.25) is 4.79 Å². The van der Waals surface area contributed by atoms with Crippen LogP contribution in [0.15, 0.2) is 0 Å². The molecule has 1 aliphatic heterocycles. The molecule has 1 aliphatic rings. The zero-order valence-electron chi connectivity index (χ0n) is 10.2. The fourth-order valence-electron chi connectivity index (χ4n) is 2.15. The highest BCUT2D eigenvalue weighted by Gasteiger charge is 2.44. The summed E-state index contributed by atoms with van der Waals surface area (Å²) in [6.45, 7) is 4.60. The van der Waals surface area contributed by atoms with E-state index in [4.69, 9.17) is 10.2 Å². The molecule has 6 nitrogen and oxygen atoms in total. The van der Waals surface area contributed by atoms with Crippen LogP contribution in [0.4, 0.5) is 0 Å². The van der Waals surface area contributed by atoms with Crippen molar-refractivity contribution in [2.45, 2.75) is 26.3 Å². The van der Waals surface area contributed by atoms with Gasteiger partial charge in [-0.1, -0.05) is 13.8 Å². The molecule has 1 heterocycles. The van der Waals surface area contributed by atoms with Gasteiger partial charge in [0.1, 0.15) is 6.04 Å². The van der Waals surface area contributed by atoms with E-state index < -0.39 is 24.0 Å². The molecule has 1 rings (SSSR count). The van der Waals surface area contributed by atoms with Crippen LogP contribution < -0.4 is 10.6 Å². The lowest BCUT2D eigenvalue weighted by molar-refractivity contribution is -0.145. The number of hydrogen-bond acceptors (Lipinski definition) is 4. The molecule has 0 aliphatic carbocycles. The van der Waals surface area contributed by atoms with Gasteiger partial charge in [0, 0.05) is 6.54 Å². The lowest BCUT2D eigenvalue weighted by Crippen LogP contribution is -2.52. The van der Waals surface area contributed by atoms with Gasteiger partial charge in [0.2, 0.25) is 5.91 Å².